The van der Waals surface area contributed by atoms with E-state index in [1.807, 2.05) is 0 Å². The zero-order chi connectivity index (χ0) is 14.8. The second kappa shape index (κ2) is 4.28. The van der Waals surface area contributed by atoms with E-state index in [1.54, 1.807) is 0 Å². The van der Waals surface area contributed by atoms with Gasteiger partial charge in [-0.25, -0.2) is 4.98 Å². The van der Waals surface area contributed by atoms with Crippen molar-refractivity contribution in [3.8, 4) is 5.88 Å². The molecule has 0 amide bonds. The Morgan fingerprint density at radius 3 is 2.67 bits per heavy atom. The van der Waals surface area contributed by atoms with Crippen LogP contribution in [0.15, 0.2) is 0 Å². The molecule has 1 N–H and O–H groups in total. The van der Waals surface area contributed by atoms with Crippen LogP contribution >= 0.6 is 0 Å². The van der Waals surface area contributed by atoms with Gasteiger partial charge in [-0.1, -0.05) is 13.8 Å². The predicted molar refractivity (Wildman–Crippen MR) is 78.2 cm³/mol. The lowest BCUT2D eigenvalue weighted by Gasteiger charge is -2.47. The van der Waals surface area contributed by atoms with Crippen molar-refractivity contribution in [3.05, 3.63) is 17.1 Å². The minimum Gasteiger partial charge on any atom is -0.493 e. The van der Waals surface area contributed by atoms with Crippen LogP contribution < -0.4 is 0 Å². The first-order chi connectivity index (χ1) is 10.0. The zero-order valence-electron chi connectivity index (χ0n) is 12.7. The fraction of sp³-hybridized carbons (Fsp3) is 0.706. The van der Waals surface area contributed by atoms with Crippen LogP contribution in [0.5, 0.6) is 5.88 Å². The fourth-order valence-electron chi connectivity index (χ4n) is 4.45. The number of fused-ring (bicyclic) bond motifs is 3. The number of nitrogens with zero attached hydrogens (tertiary/aromatic N) is 2. The van der Waals surface area contributed by atoms with E-state index in [9.17, 15) is 9.90 Å². The number of hydrogen-bond donors (Lipinski definition) is 1. The molecule has 1 heterocycles. The van der Waals surface area contributed by atoms with Crippen LogP contribution in [0.3, 0.4) is 0 Å². The summed E-state index contributed by atoms with van der Waals surface area (Å²) in [6, 6.07) is 0. The number of hydrogen-bond acceptors (Lipinski definition) is 4. The van der Waals surface area contributed by atoms with E-state index in [0.29, 0.717) is 24.0 Å². The Kier molecular flexibility index (Phi) is 2.69. The Morgan fingerprint density at radius 2 is 1.95 bits per heavy atom. The molecule has 4 heteroatoms. The Labute approximate surface area is 125 Å². The van der Waals surface area contributed by atoms with Crippen molar-refractivity contribution in [1.29, 1.82) is 0 Å². The van der Waals surface area contributed by atoms with Crippen LogP contribution in [-0.2, 0) is 16.6 Å². The van der Waals surface area contributed by atoms with Crippen LogP contribution in [0, 0.1) is 11.8 Å². The van der Waals surface area contributed by atoms with Crippen molar-refractivity contribution in [2.24, 2.45) is 11.8 Å². The molecule has 0 radical (unpaired) electrons. The normalized spacial score (nSPS) is 35.2. The number of aromatic nitrogens is 2. The molecule has 0 bridgehead atoms. The van der Waals surface area contributed by atoms with Crippen molar-refractivity contribution < 1.29 is 9.90 Å². The van der Waals surface area contributed by atoms with Crippen LogP contribution in [0.25, 0.3) is 0 Å². The maximum atomic E-state index is 12.1. The second-order valence-corrected chi connectivity index (χ2v) is 7.32. The zero-order valence-corrected chi connectivity index (χ0v) is 12.7. The molecule has 0 aromatic carbocycles. The van der Waals surface area contributed by atoms with Crippen molar-refractivity contribution in [1.82, 2.24) is 9.97 Å². The first-order valence-corrected chi connectivity index (χ1v) is 8.13. The Morgan fingerprint density at radius 1 is 1.19 bits per heavy atom. The highest BCUT2D eigenvalue weighted by Gasteiger charge is 2.50. The second-order valence-electron chi connectivity index (χ2n) is 7.32. The highest BCUT2D eigenvalue weighted by Crippen LogP contribution is 2.52. The molecule has 21 heavy (non-hydrogen) atoms. The summed E-state index contributed by atoms with van der Waals surface area (Å²) in [6.07, 6.45) is 5.51. The van der Waals surface area contributed by atoms with Gasteiger partial charge in [-0.2, -0.15) is 4.98 Å². The van der Waals surface area contributed by atoms with Crippen molar-refractivity contribution in [2.75, 3.05) is 0 Å². The van der Waals surface area contributed by atoms with E-state index in [4.69, 9.17) is 4.98 Å². The maximum Gasteiger partial charge on any atom is 0.217 e. The van der Waals surface area contributed by atoms with Crippen LogP contribution in [0.4, 0.5) is 0 Å². The molecular formula is C17H22N2O2. The van der Waals surface area contributed by atoms with Gasteiger partial charge in [0.05, 0.1) is 5.69 Å². The number of Topliss-reactive ketones (excluding diaryl/α,β-unsaturated/α-hetero) is 1. The van der Waals surface area contributed by atoms with Gasteiger partial charge in [-0.3, -0.25) is 4.79 Å². The lowest BCUT2D eigenvalue weighted by Crippen LogP contribution is -2.47. The van der Waals surface area contributed by atoms with Crippen LogP contribution in [0.1, 0.15) is 69.0 Å². The van der Waals surface area contributed by atoms with E-state index >= 15 is 0 Å². The van der Waals surface area contributed by atoms with Gasteiger partial charge in [0.1, 0.15) is 11.6 Å². The van der Waals surface area contributed by atoms with Gasteiger partial charge in [0.25, 0.3) is 0 Å². The maximum absolute atomic E-state index is 12.1. The lowest BCUT2D eigenvalue weighted by molar-refractivity contribution is -0.128. The Bertz CT molecular complexity index is 623. The summed E-state index contributed by atoms with van der Waals surface area (Å²) in [5, 5.41) is 10.3. The third-order valence-electron chi connectivity index (χ3n) is 6.01. The lowest BCUT2D eigenvalue weighted by atomic mass is 9.56. The molecule has 0 saturated heterocycles. The van der Waals surface area contributed by atoms with Gasteiger partial charge in [-0.15, -0.1) is 0 Å². The van der Waals surface area contributed by atoms with Gasteiger partial charge in [0, 0.05) is 29.2 Å². The predicted octanol–water partition coefficient (Wildman–Crippen LogP) is 2.88. The van der Waals surface area contributed by atoms with Crippen molar-refractivity contribution in [3.63, 3.8) is 0 Å². The third kappa shape index (κ3) is 1.84. The van der Waals surface area contributed by atoms with E-state index in [0.717, 1.165) is 49.2 Å². The molecule has 112 valence electrons. The molecule has 4 rings (SSSR count). The molecule has 0 spiro atoms. The van der Waals surface area contributed by atoms with Gasteiger partial charge >= 0.3 is 0 Å². The Hall–Kier alpha value is -1.45. The molecule has 2 saturated carbocycles. The SMILES string of the molecule is C[C@@H]1C(=O)CC[C@]2(C)c3nc(C4CC4)nc(O)c3CC[C@@H]12. The molecule has 0 aliphatic heterocycles. The molecule has 1 aromatic rings. The molecule has 3 aliphatic carbocycles. The fourth-order valence-corrected chi connectivity index (χ4v) is 4.45. The number of carbonyl (C=O) groups excluding carboxylic acids is 1. The molecule has 0 unspecified atom stereocenters. The van der Waals surface area contributed by atoms with E-state index < -0.39 is 0 Å². The van der Waals surface area contributed by atoms with E-state index in [-0.39, 0.29) is 17.2 Å². The first kappa shape index (κ1) is 13.2. The monoisotopic (exact) mass is 286 g/mol. The van der Waals surface area contributed by atoms with Gasteiger partial charge in [-0.05, 0) is 38.0 Å². The minimum atomic E-state index is -0.0784. The molecule has 1 aromatic heterocycles. The smallest absolute Gasteiger partial charge is 0.217 e. The summed E-state index contributed by atoms with van der Waals surface area (Å²) < 4.78 is 0. The molecular weight excluding hydrogens is 264 g/mol. The van der Waals surface area contributed by atoms with Gasteiger partial charge < -0.3 is 5.11 Å². The number of rotatable bonds is 1. The van der Waals surface area contributed by atoms with E-state index in [2.05, 4.69) is 18.8 Å². The summed E-state index contributed by atoms with van der Waals surface area (Å²) in [4.78, 5) is 21.3. The van der Waals surface area contributed by atoms with E-state index in [1.165, 1.54) is 0 Å². The number of aromatic hydroxyl groups is 1. The molecule has 4 nitrogen and oxygen atoms in total. The number of carbonyl (C=O) groups is 1. The topological polar surface area (TPSA) is 63.1 Å². The van der Waals surface area contributed by atoms with Crippen molar-refractivity contribution >= 4 is 5.78 Å². The standard InChI is InChI=1S/C17H22N2O2/c1-9-12-6-5-11-14(17(12,2)8-7-13(9)20)18-15(10-3-4-10)19-16(11)21/h9-10,12H,3-8H2,1-2H3,(H,18,19,21)/t9-,12-,17-/m0/s1. The average Bonchev–Trinajstić information content (AvgIpc) is 3.28. The number of ketones is 1. The Balaban J connectivity index is 1.84. The minimum absolute atomic E-state index is 0.0784. The molecule has 3 aliphatic rings. The third-order valence-corrected chi connectivity index (χ3v) is 6.01. The summed E-state index contributed by atoms with van der Waals surface area (Å²) in [7, 11) is 0. The highest BCUT2D eigenvalue weighted by molar-refractivity contribution is 5.82. The van der Waals surface area contributed by atoms with Gasteiger partial charge in [0.15, 0.2) is 0 Å². The first-order valence-electron chi connectivity index (χ1n) is 8.13. The highest BCUT2D eigenvalue weighted by atomic mass is 16.3. The van der Waals surface area contributed by atoms with Crippen LogP contribution in [-0.4, -0.2) is 20.9 Å². The summed E-state index contributed by atoms with van der Waals surface area (Å²) in [5.41, 5.74) is 1.89. The summed E-state index contributed by atoms with van der Waals surface area (Å²) >= 11 is 0. The molecule has 3 atom stereocenters. The van der Waals surface area contributed by atoms with Gasteiger partial charge in [0.2, 0.25) is 5.88 Å². The van der Waals surface area contributed by atoms with Crippen molar-refractivity contribution in [2.45, 2.75) is 63.7 Å². The van der Waals surface area contributed by atoms with Crippen LogP contribution in [0.2, 0.25) is 0 Å². The summed E-state index contributed by atoms with van der Waals surface area (Å²) in [5.74, 6) is 2.30. The summed E-state index contributed by atoms with van der Waals surface area (Å²) in [6.45, 7) is 4.31. The average molecular weight is 286 g/mol. The quantitative estimate of drug-likeness (QED) is 0.862. The molecule has 2 fully saturated rings. The largest absolute Gasteiger partial charge is 0.493 e.